The van der Waals surface area contributed by atoms with Gasteiger partial charge in [0.05, 0.1) is 31.7 Å². The van der Waals surface area contributed by atoms with Crippen molar-refractivity contribution in [3.63, 3.8) is 0 Å². The van der Waals surface area contributed by atoms with Gasteiger partial charge in [-0.2, -0.15) is 4.68 Å². The largest absolute Gasteiger partial charge is 0.497 e. The molecular weight excluding hydrogens is 344 g/mol. The molecule has 1 fully saturated rings. The maximum atomic E-state index is 12.8. The van der Waals surface area contributed by atoms with Gasteiger partial charge < -0.3 is 14.4 Å². The van der Waals surface area contributed by atoms with Crippen LogP contribution in [-0.2, 0) is 6.67 Å². The van der Waals surface area contributed by atoms with Crippen LogP contribution in [0.5, 0.6) is 11.5 Å². The van der Waals surface area contributed by atoms with Crippen LogP contribution in [0.4, 0.5) is 0 Å². The van der Waals surface area contributed by atoms with Crippen molar-refractivity contribution < 1.29 is 14.4 Å². The van der Waals surface area contributed by atoms with Crippen LogP contribution >= 0.6 is 0 Å². The molecule has 0 bridgehead atoms. The molecule has 1 unspecified atom stereocenters. The Morgan fingerprint density at radius 1 is 1.19 bits per heavy atom. The van der Waals surface area contributed by atoms with Gasteiger partial charge in [0.1, 0.15) is 23.1 Å². The molecular formula is C20H23N4O3+. The number of nitrogens with zero attached hydrogens (tertiary/aromatic N) is 3. The van der Waals surface area contributed by atoms with Crippen LogP contribution in [0.2, 0.25) is 0 Å². The number of likely N-dealkylation sites (tertiary alicyclic amines) is 1. The normalized spacial score (nSPS) is 19.3. The lowest BCUT2D eigenvalue weighted by molar-refractivity contribution is -0.941. The Labute approximate surface area is 157 Å². The Kier molecular flexibility index (Phi) is 4.77. The van der Waals surface area contributed by atoms with E-state index in [-0.39, 0.29) is 11.6 Å². The van der Waals surface area contributed by atoms with Gasteiger partial charge in [0, 0.05) is 18.9 Å². The molecule has 0 spiro atoms. The molecule has 2 atom stereocenters. The fourth-order valence-corrected chi connectivity index (χ4v) is 3.90. The summed E-state index contributed by atoms with van der Waals surface area (Å²) in [5.74, 6) is 1.59. The maximum Gasteiger partial charge on any atom is 0.282 e. The van der Waals surface area contributed by atoms with Crippen LogP contribution in [0.15, 0.2) is 47.3 Å². The number of ether oxygens (including phenoxy) is 2. The molecule has 7 heteroatoms. The lowest BCUT2D eigenvalue weighted by Gasteiger charge is -2.23. The van der Waals surface area contributed by atoms with E-state index in [1.54, 1.807) is 20.3 Å². The molecule has 2 heterocycles. The Morgan fingerprint density at radius 3 is 2.85 bits per heavy atom. The molecule has 0 radical (unpaired) electrons. The van der Waals surface area contributed by atoms with Gasteiger partial charge in [0.2, 0.25) is 0 Å². The third kappa shape index (κ3) is 3.26. The molecule has 0 aliphatic carbocycles. The van der Waals surface area contributed by atoms with E-state index in [0.29, 0.717) is 17.6 Å². The van der Waals surface area contributed by atoms with E-state index in [1.165, 1.54) is 9.58 Å². The van der Waals surface area contributed by atoms with Crippen LogP contribution in [-0.4, -0.2) is 35.8 Å². The van der Waals surface area contributed by atoms with Crippen molar-refractivity contribution in [3.05, 3.63) is 58.4 Å². The zero-order valence-electron chi connectivity index (χ0n) is 15.5. The second-order valence-corrected chi connectivity index (χ2v) is 6.78. The second kappa shape index (κ2) is 7.36. The Morgan fingerprint density at radius 2 is 2.04 bits per heavy atom. The fraction of sp³-hybridized carbons (Fsp3) is 0.350. The van der Waals surface area contributed by atoms with Crippen LogP contribution in [0.3, 0.4) is 0 Å². The molecule has 27 heavy (non-hydrogen) atoms. The summed E-state index contributed by atoms with van der Waals surface area (Å²) in [5, 5.41) is 8.95. The maximum absolute atomic E-state index is 12.8. The first-order valence-corrected chi connectivity index (χ1v) is 9.10. The summed E-state index contributed by atoms with van der Waals surface area (Å²) in [7, 11) is 3.32. The van der Waals surface area contributed by atoms with Gasteiger partial charge in [-0.15, -0.1) is 5.10 Å². The second-order valence-electron chi connectivity index (χ2n) is 6.78. The Hall–Kier alpha value is -2.93. The molecule has 1 N–H and O–H groups in total. The van der Waals surface area contributed by atoms with Gasteiger partial charge in [-0.1, -0.05) is 17.3 Å². The van der Waals surface area contributed by atoms with Crippen molar-refractivity contribution in [1.29, 1.82) is 0 Å². The summed E-state index contributed by atoms with van der Waals surface area (Å²) < 4.78 is 12.4. The number of benzene rings is 2. The van der Waals surface area contributed by atoms with Crippen molar-refractivity contribution in [2.45, 2.75) is 25.6 Å². The van der Waals surface area contributed by atoms with E-state index in [2.05, 4.69) is 16.4 Å². The molecule has 7 nitrogen and oxygen atoms in total. The highest BCUT2D eigenvalue weighted by Gasteiger charge is 2.33. The van der Waals surface area contributed by atoms with E-state index in [1.807, 2.05) is 30.3 Å². The monoisotopic (exact) mass is 367 g/mol. The van der Waals surface area contributed by atoms with Crippen molar-refractivity contribution in [3.8, 4) is 11.5 Å². The molecule has 2 aromatic carbocycles. The standard InChI is InChI=1S/C20H22N4O3/c1-26-14-9-10-16(19(12-14)27-2)18-8-5-11-23(18)13-24-20(25)15-6-3-4-7-17(15)21-22-24/h3-4,6-7,9-10,12,18H,5,8,11,13H2,1-2H3/p+1/t18-/m0/s1. The highest BCUT2D eigenvalue weighted by Crippen LogP contribution is 2.31. The zero-order chi connectivity index (χ0) is 18.8. The molecule has 0 amide bonds. The Balaban J connectivity index is 1.65. The Bertz CT molecular complexity index is 1020. The number of nitrogens with one attached hydrogen (secondary N) is 1. The van der Waals surface area contributed by atoms with E-state index in [4.69, 9.17) is 9.47 Å². The lowest BCUT2D eigenvalue weighted by Crippen LogP contribution is -3.09. The molecule has 1 aliphatic rings. The SMILES string of the molecule is COc1ccc([C@@H]2CCC[NH+]2Cn2nnc3ccccc3c2=O)c(OC)c1. The number of methoxy groups -OCH3 is 2. The molecule has 1 aromatic heterocycles. The number of fused-ring (bicyclic) bond motifs is 1. The summed E-state index contributed by atoms with van der Waals surface area (Å²) >= 11 is 0. The smallest absolute Gasteiger partial charge is 0.282 e. The first-order chi connectivity index (χ1) is 13.2. The minimum Gasteiger partial charge on any atom is -0.497 e. The predicted molar refractivity (Wildman–Crippen MR) is 101 cm³/mol. The van der Waals surface area contributed by atoms with Gasteiger partial charge in [0.25, 0.3) is 5.56 Å². The average molecular weight is 367 g/mol. The minimum absolute atomic E-state index is 0.0968. The predicted octanol–water partition coefficient (Wildman–Crippen LogP) is 1.19. The lowest BCUT2D eigenvalue weighted by atomic mass is 10.0. The highest BCUT2D eigenvalue weighted by molar-refractivity contribution is 5.76. The fourth-order valence-electron chi connectivity index (χ4n) is 3.90. The van der Waals surface area contributed by atoms with Gasteiger partial charge in [-0.25, -0.2) is 0 Å². The van der Waals surface area contributed by atoms with Crippen LogP contribution in [0.25, 0.3) is 10.9 Å². The average Bonchev–Trinajstić information content (AvgIpc) is 3.17. The number of hydrogen-bond donors (Lipinski definition) is 1. The van der Waals surface area contributed by atoms with E-state index in [0.717, 1.165) is 36.4 Å². The number of quaternary nitrogens is 1. The van der Waals surface area contributed by atoms with Crippen molar-refractivity contribution in [2.24, 2.45) is 0 Å². The van der Waals surface area contributed by atoms with E-state index >= 15 is 0 Å². The summed E-state index contributed by atoms with van der Waals surface area (Å²) in [4.78, 5) is 14.1. The topological polar surface area (TPSA) is 70.7 Å². The van der Waals surface area contributed by atoms with E-state index < -0.39 is 0 Å². The molecule has 3 aromatic rings. The highest BCUT2D eigenvalue weighted by atomic mass is 16.5. The van der Waals surface area contributed by atoms with Gasteiger partial charge >= 0.3 is 0 Å². The number of aromatic nitrogens is 3. The van der Waals surface area contributed by atoms with Gasteiger partial charge in [-0.3, -0.25) is 4.79 Å². The van der Waals surface area contributed by atoms with Crippen molar-refractivity contribution in [1.82, 2.24) is 15.0 Å². The first kappa shape index (κ1) is 17.5. The van der Waals surface area contributed by atoms with Gasteiger partial charge in [0.15, 0.2) is 6.67 Å². The van der Waals surface area contributed by atoms with Crippen molar-refractivity contribution in [2.75, 3.05) is 20.8 Å². The summed E-state index contributed by atoms with van der Waals surface area (Å²) in [6, 6.07) is 13.5. The third-order valence-electron chi connectivity index (χ3n) is 5.28. The minimum atomic E-state index is -0.0968. The van der Waals surface area contributed by atoms with E-state index in [9.17, 15) is 4.79 Å². The molecule has 140 valence electrons. The quantitative estimate of drug-likeness (QED) is 0.733. The van der Waals surface area contributed by atoms with Crippen LogP contribution < -0.4 is 19.9 Å². The van der Waals surface area contributed by atoms with Gasteiger partial charge in [-0.05, 0) is 24.3 Å². The molecule has 4 rings (SSSR count). The van der Waals surface area contributed by atoms with Crippen molar-refractivity contribution >= 4 is 10.9 Å². The molecule has 0 saturated carbocycles. The zero-order valence-corrected chi connectivity index (χ0v) is 15.5. The number of hydrogen-bond acceptors (Lipinski definition) is 5. The summed E-state index contributed by atoms with van der Waals surface area (Å²) in [5.41, 5.74) is 1.66. The summed E-state index contributed by atoms with van der Waals surface area (Å²) in [6.07, 6.45) is 2.12. The third-order valence-corrected chi connectivity index (χ3v) is 5.28. The number of rotatable bonds is 5. The molecule has 1 aliphatic heterocycles. The first-order valence-electron chi connectivity index (χ1n) is 9.10. The molecule has 1 saturated heterocycles. The summed E-state index contributed by atoms with van der Waals surface area (Å²) in [6.45, 7) is 1.46. The van der Waals surface area contributed by atoms with Crippen LogP contribution in [0.1, 0.15) is 24.4 Å². The van der Waals surface area contributed by atoms with Crippen LogP contribution in [0, 0.1) is 0 Å².